The van der Waals surface area contributed by atoms with E-state index in [9.17, 15) is 0 Å². The molecule has 0 aromatic heterocycles. The third-order valence-electron chi connectivity index (χ3n) is 6.95. The first kappa shape index (κ1) is 23.2. The average Bonchev–Trinajstić information content (AvgIpc) is 2.69. The topological polar surface area (TPSA) is 24.1 Å². The summed E-state index contributed by atoms with van der Waals surface area (Å²) in [6.45, 7) is 0. The van der Waals surface area contributed by atoms with Crippen LogP contribution in [0.2, 0.25) is 0 Å². The van der Waals surface area contributed by atoms with Crippen molar-refractivity contribution in [2.24, 2.45) is 0 Å². The summed E-state index contributed by atoms with van der Waals surface area (Å²) in [6.07, 6.45) is 33.1. The van der Waals surface area contributed by atoms with Gasteiger partial charge in [-0.05, 0) is 25.7 Å². The van der Waals surface area contributed by atoms with Crippen LogP contribution in [0.5, 0.6) is 0 Å². The number of nitrogens with one attached hydrogen (secondary N) is 2. The van der Waals surface area contributed by atoms with E-state index in [1.54, 1.807) is 0 Å². The minimum Gasteiger partial charge on any atom is -0.255 e. The van der Waals surface area contributed by atoms with Crippen molar-refractivity contribution in [1.29, 1.82) is 0 Å². The Labute approximate surface area is 171 Å². The van der Waals surface area contributed by atoms with Gasteiger partial charge in [0.25, 0.3) is 0 Å². The molecule has 0 heterocycles. The summed E-state index contributed by atoms with van der Waals surface area (Å²) in [4.78, 5) is 0. The molecule has 2 aliphatic carbocycles. The molecular formula is C25H50N2. The van der Waals surface area contributed by atoms with Crippen LogP contribution in [0.25, 0.3) is 0 Å². The second-order valence-corrected chi connectivity index (χ2v) is 9.55. The van der Waals surface area contributed by atoms with E-state index in [1.807, 2.05) is 0 Å². The van der Waals surface area contributed by atoms with Gasteiger partial charge >= 0.3 is 0 Å². The van der Waals surface area contributed by atoms with Gasteiger partial charge < -0.3 is 0 Å². The third kappa shape index (κ3) is 12.9. The van der Waals surface area contributed by atoms with Crippen LogP contribution in [-0.4, -0.2) is 12.1 Å². The standard InChI is InChI=1S/C25H50N2/c1-2-5-9-13-17-21-24(20-16-12-8-4-1)26-27-25-22-18-14-10-6-3-7-11-15-19-23-25/h24-27H,1-23H2. The number of hydrogen-bond donors (Lipinski definition) is 2. The van der Waals surface area contributed by atoms with Crippen LogP contribution in [0.1, 0.15) is 148 Å². The monoisotopic (exact) mass is 378 g/mol. The molecule has 0 spiro atoms. The molecule has 2 fully saturated rings. The smallest absolute Gasteiger partial charge is 0.0213 e. The van der Waals surface area contributed by atoms with Crippen molar-refractivity contribution in [2.45, 2.75) is 160 Å². The zero-order valence-electron chi connectivity index (χ0n) is 18.4. The second kappa shape index (κ2) is 16.8. The third-order valence-corrected chi connectivity index (χ3v) is 6.95. The van der Waals surface area contributed by atoms with E-state index in [-0.39, 0.29) is 0 Å². The summed E-state index contributed by atoms with van der Waals surface area (Å²) in [6, 6.07) is 1.40. The molecule has 2 heteroatoms. The van der Waals surface area contributed by atoms with E-state index < -0.39 is 0 Å². The molecule has 0 aromatic carbocycles. The lowest BCUT2D eigenvalue weighted by Crippen LogP contribution is -2.46. The van der Waals surface area contributed by atoms with Crippen molar-refractivity contribution in [3.63, 3.8) is 0 Å². The SMILES string of the molecule is C1CCCCCCC(NNC2CCCCCCCCCCC2)CCCCC1. The highest BCUT2D eigenvalue weighted by Crippen LogP contribution is 2.19. The summed E-state index contributed by atoms with van der Waals surface area (Å²) in [5.41, 5.74) is 7.64. The van der Waals surface area contributed by atoms with E-state index in [0.717, 1.165) is 0 Å². The quantitative estimate of drug-likeness (QED) is 0.489. The Morgan fingerprint density at radius 3 is 0.667 bits per heavy atom. The molecular weight excluding hydrogens is 328 g/mol. The highest BCUT2D eigenvalue weighted by Gasteiger charge is 2.13. The Morgan fingerprint density at radius 2 is 0.444 bits per heavy atom. The molecule has 2 N–H and O–H groups in total. The predicted octanol–water partition coefficient (Wildman–Crippen LogP) is 7.82. The van der Waals surface area contributed by atoms with Crippen LogP contribution in [0.15, 0.2) is 0 Å². The molecule has 0 saturated heterocycles. The van der Waals surface area contributed by atoms with Gasteiger partial charge in [0.2, 0.25) is 0 Å². The Hall–Kier alpha value is -0.0800. The minimum absolute atomic E-state index is 0.701. The maximum atomic E-state index is 3.82. The molecule has 0 amide bonds. The fraction of sp³-hybridized carbons (Fsp3) is 1.00. The van der Waals surface area contributed by atoms with Crippen LogP contribution < -0.4 is 10.9 Å². The summed E-state index contributed by atoms with van der Waals surface area (Å²) in [5, 5.41) is 0. The lowest BCUT2D eigenvalue weighted by atomic mass is 9.98. The molecule has 2 rings (SSSR count). The lowest BCUT2D eigenvalue weighted by molar-refractivity contribution is 0.302. The van der Waals surface area contributed by atoms with Crippen LogP contribution in [0, 0.1) is 0 Å². The van der Waals surface area contributed by atoms with E-state index >= 15 is 0 Å². The molecule has 160 valence electrons. The van der Waals surface area contributed by atoms with Crippen LogP contribution in [0.3, 0.4) is 0 Å². The van der Waals surface area contributed by atoms with Crippen molar-refractivity contribution in [3.8, 4) is 0 Å². The van der Waals surface area contributed by atoms with Gasteiger partial charge in [-0.3, -0.25) is 10.9 Å². The van der Waals surface area contributed by atoms with Gasteiger partial charge in [0, 0.05) is 12.1 Å². The Bertz CT molecular complexity index is 291. The highest BCUT2D eigenvalue weighted by molar-refractivity contribution is 4.71. The zero-order valence-corrected chi connectivity index (χ0v) is 18.4. The van der Waals surface area contributed by atoms with Crippen molar-refractivity contribution in [1.82, 2.24) is 10.9 Å². The molecule has 2 saturated carbocycles. The van der Waals surface area contributed by atoms with Crippen molar-refractivity contribution < 1.29 is 0 Å². The second-order valence-electron chi connectivity index (χ2n) is 9.55. The molecule has 27 heavy (non-hydrogen) atoms. The molecule has 0 radical (unpaired) electrons. The molecule has 0 unspecified atom stereocenters. The number of rotatable bonds is 3. The maximum absolute atomic E-state index is 3.82. The maximum Gasteiger partial charge on any atom is 0.0213 e. The minimum atomic E-state index is 0.701. The van der Waals surface area contributed by atoms with E-state index in [4.69, 9.17) is 0 Å². The molecule has 0 atom stereocenters. The summed E-state index contributed by atoms with van der Waals surface area (Å²) >= 11 is 0. The zero-order chi connectivity index (χ0) is 18.8. The van der Waals surface area contributed by atoms with Crippen molar-refractivity contribution in [2.75, 3.05) is 0 Å². The van der Waals surface area contributed by atoms with Gasteiger partial charge in [-0.2, -0.15) is 0 Å². The van der Waals surface area contributed by atoms with Gasteiger partial charge in [0.1, 0.15) is 0 Å². The fourth-order valence-electron chi connectivity index (χ4n) is 5.03. The number of hydrazine groups is 1. The molecule has 2 nitrogen and oxygen atoms in total. The van der Waals surface area contributed by atoms with Crippen molar-refractivity contribution in [3.05, 3.63) is 0 Å². The van der Waals surface area contributed by atoms with Gasteiger partial charge in [-0.1, -0.05) is 122 Å². The molecule has 0 aromatic rings. The Balaban J connectivity index is 1.70. The van der Waals surface area contributed by atoms with Crippen molar-refractivity contribution >= 4 is 0 Å². The van der Waals surface area contributed by atoms with Gasteiger partial charge in [-0.15, -0.1) is 0 Å². The molecule has 0 bridgehead atoms. The average molecular weight is 379 g/mol. The lowest BCUT2D eigenvalue weighted by Gasteiger charge is -2.25. The predicted molar refractivity (Wildman–Crippen MR) is 120 cm³/mol. The van der Waals surface area contributed by atoms with Crippen LogP contribution in [0.4, 0.5) is 0 Å². The van der Waals surface area contributed by atoms with E-state index in [2.05, 4.69) is 10.9 Å². The van der Waals surface area contributed by atoms with Crippen LogP contribution in [-0.2, 0) is 0 Å². The first-order chi connectivity index (χ1) is 13.4. The summed E-state index contributed by atoms with van der Waals surface area (Å²) in [7, 11) is 0. The number of hydrogen-bond acceptors (Lipinski definition) is 2. The first-order valence-corrected chi connectivity index (χ1v) is 13.0. The van der Waals surface area contributed by atoms with Gasteiger partial charge in [0.05, 0.1) is 0 Å². The highest BCUT2D eigenvalue weighted by atomic mass is 15.4. The normalized spacial score (nSPS) is 25.3. The fourth-order valence-corrected chi connectivity index (χ4v) is 5.03. The summed E-state index contributed by atoms with van der Waals surface area (Å²) < 4.78 is 0. The molecule has 0 aliphatic heterocycles. The van der Waals surface area contributed by atoms with E-state index in [0.29, 0.717) is 12.1 Å². The summed E-state index contributed by atoms with van der Waals surface area (Å²) in [5.74, 6) is 0. The Kier molecular flexibility index (Phi) is 14.5. The van der Waals surface area contributed by atoms with Gasteiger partial charge in [0.15, 0.2) is 0 Å². The Morgan fingerprint density at radius 1 is 0.259 bits per heavy atom. The van der Waals surface area contributed by atoms with Gasteiger partial charge in [-0.25, -0.2) is 0 Å². The van der Waals surface area contributed by atoms with Crippen LogP contribution >= 0.6 is 0 Å². The van der Waals surface area contributed by atoms with E-state index in [1.165, 1.54) is 148 Å². The largest absolute Gasteiger partial charge is 0.255 e. The first-order valence-electron chi connectivity index (χ1n) is 13.0. The molecule has 2 aliphatic rings.